The molecule has 0 aromatic heterocycles. The second kappa shape index (κ2) is 15.3. The van der Waals surface area contributed by atoms with Crippen LogP contribution in [0.1, 0.15) is 25.0 Å². The van der Waals surface area contributed by atoms with E-state index in [4.69, 9.17) is 23.2 Å². The van der Waals surface area contributed by atoms with E-state index in [-0.39, 0.29) is 21.4 Å². The van der Waals surface area contributed by atoms with E-state index in [1.165, 1.54) is 13.8 Å². The van der Waals surface area contributed by atoms with Crippen LogP contribution in [-0.4, -0.2) is 35.5 Å². The molecule has 2 atom stereocenters. The van der Waals surface area contributed by atoms with Crippen LogP contribution in [0.4, 0.5) is 22.7 Å². The highest BCUT2D eigenvalue weighted by Gasteiger charge is 2.24. The molecule has 0 radical (unpaired) electrons. The minimum absolute atomic E-state index is 0.228. The van der Waals surface area contributed by atoms with Gasteiger partial charge in [0.05, 0.1) is 10.0 Å². The lowest BCUT2D eigenvalue weighted by Crippen LogP contribution is -2.31. The van der Waals surface area contributed by atoms with Crippen LogP contribution >= 0.6 is 23.2 Å². The van der Waals surface area contributed by atoms with Crippen molar-refractivity contribution in [3.8, 4) is 11.1 Å². The van der Waals surface area contributed by atoms with Crippen molar-refractivity contribution in [2.75, 3.05) is 10.6 Å². The van der Waals surface area contributed by atoms with Gasteiger partial charge in [-0.2, -0.15) is 20.5 Å². The lowest BCUT2D eigenvalue weighted by atomic mass is 10.0. The third kappa shape index (κ3) is 8.99. The number of nitrogens with zero attached hydrogens (tertiary/aromatic N) is 4. The minimum Gasteiger partial charge on any atom is -0.324 e. The number of Topliss-reactive ketones (excluding diaryl/α,β-unsaturated/α-hetero) is 2. The fraction of sp³-hybridized carbons (Fsp3) is 0.176. The molecule has 0 saturated heterocycles. The Morgan fingerprint density at radius 3 is 1.22 bits per heavy atom. The van der Waals surface area contributed by atoms with Crippen LogP contribution in [0.3, 0.4) is 0 Å². The molecular formula is C34H30Cl2N6O4. The second-order valence-electron chi connectivity index (χ2n) is 10.5. The molecule has 4 rings (SSSR count). The van der Waals surface area contributed by atoms with Gasteiger partial charge in [0, 0.05) is 11.4 Å². The van der Waals surface area contributed by atoms with Gasteiger partial charge in [-0.05, 0) is 87.4 Å². The van der Waals surface area contributed by atoms with Gasteiger partial charge >= 0.3 is 0 Å². The molecule has 2 amide bonds. The molecule has 46 heavy (non-hydrogen) atoms. The third-order valence-electron chi connectivity index (χ3n) is 6.70. The monoisotopic (exact) mass is 656 g/mol. The minimum atomic E-state index is -1.35. The van der Waals surface area contributed by atoms with Crippen molar-refractivity contribution in [1.29, 1.82) is 0 Å². The van der Waals surface area contributed by atoms with Gasteiger partial charge < -0.3 is 10.6 Å². The molecule has 4 aromatic rings. The third-order valence-corrected chi connectivity index (χ3v) is 7.30. The normalized spacial score (nSPS) is 12.6. The van der Waals surface area contributed by atoms with Crippen molar-refractivity contribution >= 4 is 69.3 Å². The molecule has 10 nitrogen and oxygen atoms in total. The van der Waals surface area contributed by atoms with E-state index in [1.807, 2.05) is 38.1 Å². The molecular weight excluding hydrogens is 627 g/mol. The van der Waals surface area contributed by atoms with Gasteiger partial charge in [-0.25, -0.2) is 0 Å². The molecule has 0 fully saturated rings. The molecule has 4 aromatic carbocycles. The molecule has 0 spiro atoms. The molecule has 0 unspecified atom stereocenters. The zero-order chi connectivity index (χ0) is 33.4. The van der Waals surface area contributed by atoms with Gasteiger partial charge in [0.15, 0.2) is 11.6 Å². The maximum absolute atomic E-state index is 12.7. The number of ketones is 2. The van der Waals surface area contributed by atoms with Gasteiger partial charge in [-0.15, -0.1) is 0 Å². The summed E-state index contributed by atoms with van der Waals surface area (Å²) in [6.45, 7) is 6.37. The maximum atomic E-state index is 12.7. The van der Waals surface area contributed by atoms with Crippen molar-refractivity contribution in [2.24, 2.45) is 20.5 Å². The topological polar surface area (TPSA) is 142 Å². The van der Waals surface area contributed by atoms with Crippen molar-refractivity contribution < 1.29 is 19.2 Å². The summed E-state index contributed by atoms with van der Waals surface area (Å²) in [5, 5.41) is 21.9. The number of azo groups is 2. The number of benzene rings is 4. The van der Waals surface area contributed by atoms with Gasteiger partial charge in [-0.1, -0.05) is 70.7 Å². The quantitative estimate of drug-likeness (QED) is 0.123. The van der Waals surface area contributed by atoms with Crippen LogP contribution in [-0.2, 0) is 19.2 Å². The first kappa shape index (κ1) is 33.8. The fourth-order valence-electron chi connectivity index (χ4n) is 4.11. The van der Waals surface area contributed by atoms with Crippen LogP contribution in [0, 0.1) is 13.8 Å². The van der Waals surface area contributed by atoms with Crippen LogP contribution in [0.15, 0.2) is 105 Å². The maximum Gasteiger partial charge on any atom is 0.258 e. The highest BCUT2D eigenvalue weighted by molar-refractivity contribution is 6.34. The van der Waals surface area contributed by atoms with Gasteiger partial charge in [0.1, 0.15) is 11.4 Å². The van der Waals surface area contributed by atoms with E-state index in [0.29, 0.717) is 22.5 Å². The summed E-state index contributed by atoms with van der Waals surface area (Å²) < 4.78 is 0. The predicted octanol–water partition coefficient (Wildman–Crippen LogP) is 8.64. The molecule has 2 N–H and O–H groups in total. The molecule has 234 valence electrons. The van der Waals surface area contributed by atoms with Gasteiger partial charge in [0.2, 0.25) is 12.1 Å². The van der Waals surface area contributed by atoms with E-state index >= 15 is 0 Å². The molecule has 0 saturated carbocycles. The molecule has 0 bridgehead atoms. The number of carbonyl (C=O) groups excluding carboxylic acids is 4. The first-order valence-corrected chi connectivity index (χ1v) is 14.8. The Bertz CT molecular complexity index is 1700. The Labute approximate surface area is 275 Å². The summed E-state index contributed by atoms with van der Waals surface area (Å²) in [6.07, 6.45) is 0. The number of hydrogen-bond acceptors (Lipinski definition) is 8. The molecule has 12 heteroatoms. The Kier molecular flexibility index (Phi) is 11.2. The van der Waals surface area contributed by atoms with Crippen LogP contribution in [0.25, 0.3) is 11.1 Å². The number of nitrogens with one attached hydrogen (secondary N) is 2. The summed E-state index contributed by atoms with van der Waals surface area (Å²) >= 11 is 12.9. The first-order valence-electron chi connectivity index (χ1n) is 14.1. The van der Waals surface area contributed by atoms with E-state index in [0.717, 1.165) is 11.1 Å². The lowest BCUT2D eigenvalue weighted by Gasteiger charge is -2.10. The largest absolute Gasteiger partial charge is 0.324 e. The lowest BCUT2D eigenvalue weighted by molar-refractivity contribution is -0.127. The Hall–Kier alpha value is -5.06. The fourth-order valence-corrected chi connectivity index (χ4v) is 4.54. The average Bonchev–Trinajstić information content (AvgIpc) is 3.00. The molecule has 0 aliphatic heterocycles. The Morgan fingerprint density at radius 2 is 0.913 bits per heavy atom. The summed E-state index contributed by atoms with van der Waals surface area (Å²) in [7, 11) is 0. The molecule has 0 aliphatic rings. The summed E-state index contributed by atoms with van der Waals surface area (Å²) in [6, 6.07) is 21.5. The van der Waals surface area contributed by atoms with Crippen molar-refractivity contribution in [2.45, 2.75) is 39.8 Å². The molecule has 0 aliphatic carbocycles. The van der Waals surface area contributed by atoms with E-state index < -0.39 is 35.5 Å². The summed E-state index contributed by atoms with van der Waals surface area (Å²) in [5.74, 6) is -2.17. The number of rotatable bonds is 11. The Morgan fingerprint density at radius 1 is 0.565 bits per heavy atom. The number of carbonyl (C=O) groups is 4. The molecule has 0 heterocycles. The van der Waals surface area contributed by atoms with E-state index in [1.54, 1.807) is 60.7 Å². The second-order valence-corrected chi connectivity index (χ2v) is 11.3. The summed E-state index contributed by atoms with van der Waals surface area (Å²) in [5.41, 5.74) is 5.02. The smallest absolute Gasteiger partial charge is 0.258 e. The summed E-state index contributed by atoms with van der Waals surface area (Å²) in [4.78, 5) is 49.7. The zero-order valence-electron chi connectivity index (χ0n) is 25.4. The van der Waals surface area contributed by atoms with Gasteiger partial charge in [-0.3, -0.25) is 19.2 Å². The number of aryl methyl sites for hydroxylation is 2. The Balaban J connectivity index is 1.46. The highest BCUT2D eigenvalue weighted by Crippen LogP contribution is 2.35. The number of halogens is 2. The van der Waals surface area contributed by atoms with E-state index in [2.05, 4.69) is 31.1 Å². The van der Waals surface area contributed by atoms with Gasteiger partial charge in [0.25, 0.3) is 11.8 Å². The van der Waals surface area contributed by atoms with Crippen molar-refractivity contribution in [1.82, 2.24) is 0 Å². The number of hydrogen-bond donors (Lipinski definition) is 2. The van der Waals surface area contributed by atoms with Crippen molar-refractivity contribution in [3.05, 3.63) is 106 Å². The average molecular weight is 658 g/mol. The standard InChI is InChI=1S/C34H30Cl2N6O4/c1-19-5-11-25(12-6-19)37-33(45)31(21(3)43)41-39-29-15-9-23(17-27(29)35)24-10-16-30(28(36)18-24)40-42-32(22(4)44)34(46)38-26-13-7-20(2)8-14-26/h5-18,31-32H,1-4H3,(H,37,45)(H,38,46)/t31-,32+. The van der Waals surface area contributed by atoms with E-state index in [9.17, 15) is 19.2 Å². The number of amides is 2. The predicted molar refractivity (Wildman–Crippen MR) is 179 cm³/mol. The SMILES string of the molecule is CC(=O)[C@@H](N=Nc1ccc(-c2ccc(N=N[C@@H](C(C)=O)C(=O)Nc3ccc(C)cc3)c(Cl)c2)cc1Cl)C(=O)Nc1ccc(C)cc1. The first-order chi connectivity index (χ1) is 21.9. The van der Waals surface area contributed by atoms with Crippen molar-refractivity contribution in [3.63, 3.8) is 0 Å². The number of anilines is 2. The van der Waals surface area contributed by atoms with Crippen LogP contribution in [0.5, 0.6) is 0 Å². The van der Waals surface area contributed by atoms with Crippen LogP contribution < -0.4 is 10.6 Å². The zero-order valence-corrected chi connectivity index (χ0v) is 26.9. The highest BCUT2D eigenvalue weighted by atomic mass is 35.5. The van der Waals surface area contributed by atoms with Crippen LogP contribution in [0.2, 0.25) is 10.0 Å².